The molecule has 0 unspecified atom stereocenters. The van der Waals surface area contributed by atoms with Gasteiger partial charge in [0, 0.05) is 25.7 Å². The first-order chi connectivity index (χ1) is 12.1. The monoisotopic (exact) mass is 341 g/mol. The largest absolute Gasteiger partial charge is 0.497 e. The van der Waals surface area contributed by atoms with Crippen molar-refractivity contribution in [2.24, 2.45) is 0 Å². The summed E-state index contributed by atoms with van der Waals surface area (Å²) in [6.45, 7) is 0.826. The summed E-state index contributed by atoms with van der Waals surface area (Å²) < 4.78 is 7.02. The summed E-state index contributed by atoms with van der Waals surface area (Å²) in [5, 5.41) is 16.5. The predicted molar refractivity (Wildman–Crippen MR) is 94.1 cm³/mol. The molecule has 3 aromatic rings. The molecule has 8 heteroatoms. The van der Waals surface area contributed by atoms with Crippen LogP contribution in [-0.2, 0) is 0 Å². The molecular weight excluding hydrogens is 322 g/mol. The van der Waals surface area contributed by atoms with E-state index in [0.717, 1.165) is 22.7 Å². The number of ether oxygens (including phenoxy) is 1. The highest BCUT2D eigenvalue weighted by molar-refractivity contribution is 5.65. The van der Waals surface area contributed by atoms with Gasteiger partial charge in [-0.15, -0.1) is 5.10 Å². The molecule has 2 aromatic heterocycles. The van der Waals surface area contributed by atoms with Gasteiger partial charge in [-0.3, -0.25) is 0 Å². The molecule has 0 aliphatic heterocycles. The fourth-order valence-electron chi connectivity index (χ4n) is 2.39. The minimum absolute atomic E-state index is 0.363. The molecule has 0 spiro atoms. The molecule has 0 aliphatic rings. The average molecular weight is 341 g/mol. The third-order valence-corrected chi connectivity index (χ3v) is 3.81. The highest BCUT2D eigenvalue weighted by Gasteiger charge is 2.09. The van der Waals surface area contributed by atoms with Crippen LogP contribution in [0.1, 0.15) is 0 Å². The van der Waals surface area contributed by atoms with Crippen LogP contribution in [0, 0.1) is 0 Å². The highest BCUT2D eigenvalue weighted by Crippen LogP contribution is 2.24. The van der Waals surface area contributed by atoms with E-state index < -0.39 is 6.09 Å². The Morgan fingerprint density at radius 3 is 2.96 bits per heavy atom. The quantitative estimate of drug-likeness (QED) is 0.715. The number of methoxy groups -OCH3 is 1. The van der Waals surface area contributed by atoms with Crippen molar-refractivity contribution in [1.29, 1.82) is 0 Å². The molecule has 1 aromatic carbocycles. The van der Waals surface area contributed by atoms with E-state index >= 15 is 0 Å². The smallest absolute Gasteiger partial charge is 0.407 e. The molecule has 3 rings (SSSR count). The normalized spacial score (nSPS) is 10.6. The Hall–Kier alpha value is -3.29. The second-order valence-electron chi connectivity index (χ2n) is 5.49. The number of rotatable bonds is 6. The number of carboxylic acid groups (broad SMARTS) is 1. The molecule has 2 N–H and O–H groups in total. The summed E-state index contributed by atoms with van der Waals surface area (Å²) in [7, 11) is 3.15. The SMILES string of the molecule is COc1cccc(-c2cnc3ccc(NCCN(C)C(=O)O)nn23)c1. The standard InChI is InChI=1S/C17H19N5O3/c1-21(17(23)24)9-8-18-15-6-7-16-19-11-14(22(16)20-15)12-4-3-5-13(10-12)25-2/h3-7,10-11H,8-9H2,1-2H3,(H,18,20)(H,23,24). The fraction of sp³-hybridized carbons (Fsp3) is 0.235. The first-order valence-corrected chi connectivity index (χ1v) is 7.75. The second kappa shape index (κ2) is 7.08. The zero-order valence-electron chi connectivity index (χ0n) is 14.0. The van der Waals surface area contributed by atoms with Crippen molar-refractivity contribution < 1.29 is 14.6 Å². The predicted octanol–water partition coefficient (Wildman–Crippen LogP) is 2.43. The Morgan fingerprint density at radius 1 is 1.36 bits per heavy atom. The third-order valence-electron chi connectivity index (χ3n) is 3.81. The van der Waals surface area contributed by atoms with Crippen LogP contribution in [-0.4, -0.2) is 57.9 Å². The van der Waals surface area contributed by atoms with Crippen LogP contribution < -0.4 is 10.1 Å². The molecule has 8 nitrogen and oxygen atoms in total. The summed E-state index contributed by atoms with van der Waals surface area (Å²) in [6.07, 6.45) is 0.805. The number of likely N-dealkylation sites (N-methyl/N-ethyl adjacent to an activating group) is 1. The molecule has 0 saturated carbocycles. The van der Waals surface area contributed by atoms with E-state index in [-0.39, 0.29) is 0 Å². The van der Waals surface area contributed by atoms with Gasteiger partial charge < -0.3 is 20.1 Å². The molecule has 2 heterocycles. The lowest BCUT2D eigenvalue weighted by atomic mass is 10.1. The van der Waals surface area contributed by atoms with E-state index in [0.29, 0.717) is 18.9 Å². The van der Waals surface area contributed by atoms with Crippen molar-refractivity contribution in [3.63, 3.8) is 0 Å². The molecule has 0 saturated heterocycles. The van der Waals surface area contributed by atoms with Gasteiger partial charge in [-0.1, -0.05) is 12.1 Å². The van der Waals surface area contributed by atoms with Gasteiger partial charge in [0.1, 0.15) is 11.6 Å². The van der Waals surface area contributed by atoms with Crippen LogP contribution in [0.15, 0.2) is 42.6 Å². The van der Waals surface area contributed by atoms with E-state index in [1.54, 1.807) is 17.8 Å². The van der Waals surface area contributed by atoms with Crippen molar-refractivity contribution >= 4 is 17.6 Å². The van der Waals surface area contributed by atoms with Crippen LogP contribution in [0.2, 0.25) is 0 Å². The molecule has 0 atom stereocenters. The number of anilines is 1. The molecule has 0 aliphatic carbocycles. The number of hydrogen-bond acceptors (Lipinski definition) is 5. The number of aromatic nitrogens is 3. The number of imidazole rings is 1. The van der Waals surface area contributed by atoms with E-state index in [1.165, 1.54) is 11.9 Å². The molecule has 1 amide bonds. The third kappa shape index (κ3) is 3.63. The second-order valence-corrected chi connectivity index (χ2v) is 5.49. The lowest BCUT2D eigenvalue weighted by Crippen LogP contribution is -2.30. The summed E-state index contributed by atoms with van der Waals surface area (Å²) >= 11 is 0. The van der Waals surface area contributed by atoms with Crippen molar-refractivity contribution in [2.75, 3.05) is 32.6 Å². The highest BCUT2D eigenvalue weighted by atomic mass is 16.5. The van der Waals surface area contributed by atoms with E-state index in [4.69, 9.17) is 9.84 Å². The van der Waals surface area contributed by atoms with Crippen LogP contribution in [0.25, 0.3) is 16.9 Å². The maximum Gasteiger partial charge on any atom is 0.407 e. The van der Waals surface area contributed by atoms with E-state index in [9.17, 15) is 4.79 Å². The first kappa shape index (κ1) is 16.6. The van der Waals surface area contributed by atoms with E-state index in [1.807, 2.05) is 36.4 Å². The minimum atomic E-state index is -0.958. The number of hydrogen-bond donors (Lipinski definition) is 2. The molecule has 25 heavy (non-hydrogen) atoms. The summed E-state index contributed by atoms with van der Waals surface area (Å²) in [4.78, 5) is 16.4. The summed E-state index contributed by atoms with van der Waals surface area (Å²) in [5.74, 6) is 1.41. The van der Waals surface area contributed by atoms with Gasteiger partial charge in [0.25, 0.3) is 0 Å². The molecule has 0 radical (unpaired) electrons. The average Bonchev–Trinajstić information content (AvgIpc) is 3.04. The lowest BCUT2D eigenvalue weighted by molar-refractivity contribution is 0.157. The minimum Gasteiger partial charge on any atom is -0.497 e. The number of nitrogens with zero attached hydrogens (tertiary/aromatic N) is 4. The van der Waals surface area contributed by atoms with Crippen LogP contribution in [0.5, 0.6) is 5.75 Å². The lowest BCUT2D eigenvalue weighted by Gasteiger charge is -2.13. The Kier molecular flexibility index (Phi) is 4.69. The van der Waals surface area contributed by atoms with Gasteiger partial charge in [-0.25, -0.2) is 14.3 Å². The Balaban J connectivity index is 1.83. The van der Waals surface area contributed by atoms with Gasteiger partial charge >= 0.3 is 6.09 Å². The summed E-state index contributed by atoms with van der Waals surface area (Å²) in [6, 6.07) is 11.4. The van der Waals surface area contributed by atoms with Gasteiger partial charge in [-0.05, 0) is 24.3 Å². The first-order valence-electron chi connectivity index (χ1n) is 7.75. The van der Waals surface area contributed by atoms with Gasteiger partial charge in [-0.2, -0.15) is 0 Å². The topological polar surface area (TPSA) is 92.0 Å². The maximum atomic E-state index is 10.8. The maximum absolute atomic E-state index is 10.8. The van der Waals surface area contributed by atoms with Gasteiger partial charge in [0.05, 0.1) is 19.0 Å². The van der Waals surface area contributed by atoms with Crippen LogP contribution in [0.3, 0.4) is 0 Å². The number of benzene rings is 1. The molecule has 0 fully saturated rings. The zero-order valence-corrected chi connectivity index (χ0v) is 14.0. The Morgan fingerprint density at radius 2 is 2.20 bits per heavy atom. The number of nitrogens with one attached hydrogen (secondary N) is 1. The Bertz CT molecular complexity index is 893. The van der Waals surface area contributed by atoms with E-state index in [2.05, 4.69) is 15.4 Å². The van der Waals surface area contributed by atoms with Crippen molar-refractivity contribution in [3.05, 3.63) is 42.6 Å². The number of fused-ring (bicyclic) bond motifs is 1. The van der Waals surface area contributed by atoms with Crippen molar-refractivity contribution in [2.45, 2.75) is 0 Å². The van der Waals surface area contributed by atoms with Gasteiger partial charge in [0.15, 0.2) is 5.65 Å². The van der Waals surface area contributed by atoms with Crippen LogP contribution >= 0.6 is 0 Å². The molecule has 0 bridgehead atoms. The zero-order chi connectivity index (χ0) is 17.8. The Labute approximate surface area is 144 Å². The molecule has 130 valence electrons. The number of carbonyl (C=O) groups is 1. The van der Waals surface area contributed by atoms with Crippen molar-refractivity contribution in [1.82, 2.24) is 19.5 Å². The fourth-order valence-corrected chi connectivity index (χ4v) is 2.39. The van der Waals surface area contributed by atoms with Crippen LogP contribution in [0.4, 0.5) is 10.6 Å². The van der Waals surface area contributed by atoms with Gasteiger partial charge in [0.2, 0.25) is 0 Å². The number of amides is 1. The molecular formula is C17H19N5O3. The summed E-state index contributed by atoms with van der Waals surface area (Å²) in [5.41, 5.74) is 2.52. The van der Waals surface area contributed by atoms with Crippen molar-refractivity contribution in [3.8, 4) is 17.0 Å².